The Bertz CT molecular complexity index is 551. The van der Waals surface area contributed by atoms with E-state index < -0.39 is 0 Å². The summed E-state index contributed by atoms with van der Waals surface area (Å²) in [5, 5.41) is 9.41. The highest BCUT2D eigenvalue weighted by molar-refractivity contribution is 14.0. The average molecular weight is 490 g/mol. The van der Waals surface area contributed by atoms with E-state index in [1.807, 2.05) is 30.3 Å². The van der Waals surface area contributed by atoms with Crippen molar-refractivity contribution >= 4 is 35.8 Å². The van der Waals surface area contributed by atoms with E-state index in [0.717, 1.165) is 58.1 Å². The minimum Gasteiger partial charge on any atom is -0.379 e. The van der Waals surface area contributed by atoms with E-state index in [4.69, 9.17) is 9.47 Å². The molecule has 0 aromatic heterocycles. The van der Waals surface area contributed by atoms with Crippen molar-refractivity contribution in [2.24, 2.45) is 4.99 Å². The van der Waals surface area contributed by atoms with E-state index in [2.05, 4.69) is 20.9 Å². The van der Waals surface area contributed by atoms with Gasteiger partial charge in [-0.25, -0.2) is 0 Å². The standard InChI is InChI=1S/C19H30N4O3.HI/c1-20-19(23-12-6-13-26-17-9-14-25-15-17)22-11-5-10-21-18(24)16-7-3-2-4-8-16;/h2-4,7-8,17H,5-6,9-15H2,1H3,(H,21,24)(H2,20,22,23);1H. The fourth-order valence-electron chi connectivity index (χ4n) is 2.58. The molecular weight excluding hydrogens is 459 g/mol. The number of hydrogen-bond acceptors (Lipinski definition) is 4. The quantitative estimate of drug-likeness (QED) is 0.202. The Labute approximate surface area is 178 Å². The summed E-state index contributed by atoms with van der Waals surface area (Å²) in [4.78, 5) is 16.1. The SMILES string of the molecule is CN=C(NCCCNC(=O)c1ccccc1)NCCCOC1CCOC1.I. The number of carbonyl (C=O) groups excluding carboxylic acids is 1. The number of ether oxygens (including phenoxy) is 2. The van der Waals surface area contributed by atoms with Gasteiger partial charge in [-0.3, -0.25) is 9.79 Å². The van der Waals surface area contributed by atoms with E-state index in [1.165, 1.54) is 0 Å². The third-order valence-electron chi connectivity index (χ3n) is 4.05. The zero-order chi connectivity index (χ0) is 18.5. The summed E-state index contributed by atoms with van der Waals surface area (Å²) < 4.78 is 11.0. The number of guanidine groups is 1. The van der Waals surface area contributed by atoms with Crippen LogP contribution >= 0.6 is 24.0 Å². The maximum absolute atomic E-state index is 11.9. The lowest BCUT2D eigenvalue weighted by Gasteiger charge is -2.13. The highest BCUT2D eigenvalue weighted by Gasteiger charge is 2.15. The van der Waals surface area contributed by atoms with Crippen LogP contribution in [0.4, 0.5) is 0 Å². The largest absolute Gasteiger partial charge is 0.379 e. The molecule has 152 valence electrons. The molecule has 3 N–H and O–H groups in total. The number of carbonyl (C=O) groups is 1. The summed E-state index contributed by atoms with van der Waals surface area (Å²) in [5.41, 5.74) is 0.685. The Hall–Kier alpha value is -1.39. The topological polar surface area (TPSA) is 84.0 Å². The van der Waals surface area contributed by atoms with Crippen LogP contribution in [0.1, 0.15) is 29.6 Å². The predicted octanol–water partition coefficient (Wildman–Crippen LogP) is 1.79. The Balaban J connectivity index is 0.00000364. The molecule has 0 aliphatic carbocycles. The molecule has 0 spiro atoms. The van der Waals surface area contributed by atoms with Crippen LogP contribution in [0.25, 0.3) is 0 Å². The van der Waals surface area contributed by atoms with Crippen LogP contribution in [0, 0.1) is 0 Å². The summed E-state index contributed by atoms with van der Waals surface area (Å²) in [6.07, 6.45) is 3.00. The molecule has 0 radical (unpaired) electrons. The fourth-order valence-corrected chi connectivity index (χ4v) is 2.58. The molecule has 1 heterocycles. The Morgan fingerprint density at radius 3 is 2.52 bits per heavy atom. The minimum atomic E-state index is -0.0410. The van der Waals surface area contributed by atoms with Crippen LogP contribution in [0.5, 0.6) is 0 Å². The number of benzene rings is 1. The van der Waals surface area contributed by atoms with Crippen molar-refractivity contribution in [1.82, 2.24) is 16.0 Å². The second-order valence-electron chi connectivity index (χ2n) is 6.11. The van der Waals surface area contributed by atoms with Gasteiger partial charge < -0.3 is 25.4 Å². The van der Waals surface area contributed by atoms with Gasteiger partial charge in [-0.05, 0) is 31.4 Å². The van der Waals surface area contributed by atoms with Gasteiger partial charge in [-0.1, -0.05) is 18.2 Å². The second kappa shape index (κ2) is 14.6. The molecule has 1 atom stereocenters. The number of rotatable bonds is 10. The Morgan fingerprint density at radius 1 is 1.15 bits per heavy atom. The first kappa shape index (κ1) is 23.6. The van der Waals surface area contributed by atoms with Crippen molar-refractivity contribution in [2.45, 2.75) is 25.4 Å². The maximum Gasteiger partial charge on any atom is 0.251 e. The molecule has 1 saturated heterocycles. The number of amides is 1. The first-order valence-electron chi connectivity index (χ1n) is 9.26. The van der Waals surface area contributed by atoms with Gasteiger partial charge in [0, 0.05) is 45.5 Å². The third kappa shape index (κ3) is 9.92. The Morgan fingerprint density at radius 2 is 1.85 bits per heavy atom. The molecule has 27 heavy (non-hydrogen) atoms. The monoisotopic (exact) mass is 490 g/mol. The van der Waals surface area contributed by atoms with Gasteiger partial charge in [0.25, 0.3) is 5.91 Å². The van der Waals surface area contributed by atoms with Crippen molar-refractivity contribution < 1.29 is 14.3 Å². The maximum atomic E-state index is 11.9. The summed E-state index contributed by atoms with van der Waals surface area (Å²) in [7, 11) is 1.75. The van der Waals surface area contributed by atoms with E-state index in [-0.39, 0.29) is 36.0 Å². The van der Waals surface area contributed by atoms with Crippen LogP contribution < -0.4 is 16.0 Å². The number of aliphatic imine (C=N–C) groups is 1. The summed E-state index contributed by atoms with van der Waals surface area (Å²) in [6.45, 7) is 4.42. The van der Waals surface area contributed by atoms with Gasteiger partial charge in [-0.15, -0.1) is 24.0 Å². The van der Waals surface area contributed by atoms with E-state index in [0.29, 0.717) is 12.1 Å². The van der Waals surface area contributed by atoms with Crippen molar-refractivity contribution in [3.05, 3.63) is 35.9 Å². The Kier molecular flexibility index (Phi) is 12.8. The highest BCUT2D eigenvalue weighted by atomic mass is 127. The number of hydrogen-bond donors (Lipinski definition) is 3. The van der Waals surface area contributed by atoms with E-state index >= 15 is 0 Å². The molecular formula is C19H31IN4O3. The van der Waals surface area contributed by atoms with Gasteiger partial charge in [-0.2, -0.15) is 0 Å². The highest BCUT2D eigenvalue weighted by Crippen LogP contribution is 2.07. The van der Waals surface area contributed by atoms with Crippen molar-refractivity contribution in [1.29, 1.82) is 0 Å². The van der Waals surface area contributed by atoms with Crippen molar-refractivity contribution in [3.8, 4) is 0 Å². The first-order valence-corrected chi connectivity index (χ1v) is 9.26. The van der Waals surface area contributed by atoms with E-state index in [1.54, 1.807) is 7.05 Å². The normalized spacial score (nSPS) is 16.5. The number of halogens is 1. The van der Waals surface area contributed by atoms with Crippen LogP contribution in [0.3, 0.4) is 0 Å². The second-order valence-corrected chi connectivity index (χ2v) is 6.11. The van der Waals surface area contributed by atoms with Crippen molar-refractivity contribution in [3.63, 3.8) is 0 Å². The number of nitrogens with one attached hydrogen (secondary N) is 3. The smallest absolute Gasteiger partial charge is 0.251 e. The molecule has 1 unspecified atom stereocenters. The van der Waals surface area contributed by atoms with Crippen LogP contribution in [0.2, 0.25) is 0 Å². The third-order valence-corrected chi connectivity index (χ3v) is 4.05. The molecule has 7 nitrogen and oxygen atoms in total. The molecule has 1 aromatic rings. The molecule has 1 amide bonds. The zero-order valence-corrected chi connectivity index (χ0v) is 18.2. The molecule has 0 bridgehead atoms. The fraction of sp³-hybridized carbons (Fsp3) is 0.579. The van der Waals surface area contributed by atoms with Crippen molar-refractivity contribution in [2.75, 3.05) is 46.5 Å². The molecule has 1 aromatic carbocycles. The minimum absolute atomic E-state index is 0. The lowest BCUT2D eigenvalue weighted by Crippen LogP contribution is -2.39. The van der Waals surface area contributed by atoms with Gasteiger partial charge in [0.15, 0.2) is 5.96 Å². The van der Waals surface area contributed by atoms with Gasteiger partial charge in [0.05, 0.1) is 12.7 Å². The van der Waals surface area contributed by atoms with Crippen LogP contribution in [-0.4, -0.2) is 64.5 Å². The molecule has 1 aliphatic rings. The molecule has 2 rings (SSSR count). The molecule has 1 aliphatic heterocycles. The molecule has 1 fully saturated rings. The average Bonchev–Trinajstić information content (AvgIpc) is 3.20. The van der Waals surface area contributed by atoms with Gasteiger partial charge in [0.1, 0.15) is 0 Å². The summed E-state index contributed by atoms with van der Waals surface area (Å²) in [5.74, 6) is 0.726. The zero-order valence-electron chi connectivity index (χ0n) is 15.9. The molecule has 8 heteroatoms. The van der Waals surface area contributed by atoms with E-state index in [9.17, 15) is 4.79 Å². The lowest BCUT2D eigenvalue weighted by molar-refractivity contribution is 0.0420. The van der Waals surface area contributed by atoms with Crippen LogP contribution in [0.15, 0.2) is 35.3 Å². The number of nitrogens with zero attached hydrogens (tertiary/aromatic N) is 1. The lowest BCUT2D eigenvalue weighted by atomic mass is 10.2. The summed E-state index contributed by atoms with van der Waals surface area (Å²) >= 11 is 0. The summed E-state index contributed by atoms with van der Waals surface area (Å²) in [6, 6.07) is 9.23. The van der Waals surface area contributed by atoms with Gasteiger partial charge in [0.2, 0.25) is 0 Å². The predicted molar refractivity (Wildman–Crippen MR) is 118 cm³/mol. The van der Waals surface area contributed by atoms with Gasteiger partial charge >= 0.3 is 0 Å². The van der Waals surface area contributed by atoms with Crippen LogP contribution in [-0.2, 0) is 9.47 Å². The molecule has 0 saturated carbocycles. The first-order chi connectivity index (χ1) is 12.8.